The number of aliphatic hydroxyl groups excluding tert-OH is 4. The molecule has 0 aromatic heterocycles. The summed E-state index contributed by atoms with van der Waals surface area (Å²) < 4.78 is 0. The molecule has 10 heteroatoms. The Hall–Kier alpha value is -1.30. The van der Waals surface area contributed by atoms with Crippen LogP contribution in [0.5, 0.6) is 0 Å². The second-order valence-corrected chi connectivity index (χ2v) is 6.57. The predicted octanol–water partition coefficient (Wildman–Crippen LogP) is 0.0820. The number of nitrogens with zero attached hydrogens (tertiary/aromatic N) is 2. The molecule has 0 saturated carbocycles. The zero-order valence-electron chi connectivity index (χ0n) is 18.7. The number of aliphatic hydroxyl groups is 4. The lowest BCUT2D eigenvalue weighted by atomic mass is 10.3. The molecule has 0 unspecified atom stereocenters. The first kappa shape index (κ1) is 33.3. The predicted molar refractivity (Wildman–Crippen MR) is 116 cm³/mol. The van der Waals surface area contributed by atoms with Gasteiger partial charge in [0.1, 0.15) is 0 Å². The largest absolute Gasteiger partial charge is 0.481 e. The van der Waals surface area contributed by atoms with Gasteiger partial charge in [-0.05, 0) is 25.9 Å². The Morgan fingerprint density at radius 2 is 0.833 bits per heavy atom. The fourth-order valence-electron chi connectivity index (χ4n) is 2.21. The minimum atomic E-state index is -1.08. The Balaban J connectivity index is -0.000000370. The Kier molecular flexibility index (Phi) is 30.8. The van der Waals surface area contributed by atoms with Gasteiger partial charge >= 0.3 is 11.9 Å². The summed E-state index contributed by atoms with van der Waals surface area (Å²) in [5, 5.41) is 50.4. The molecule has 0 aliphatic heterocycles. The maximum absolute atomic E-state index is 9.64. The lowest BCUT2D eigenvalue weighted by Gasteiger charge is -2.19. The van der Waals surface area contributed by atoms with E-state index in [-0.39, 0.29) is 39.3 Å². The molecule has 0 aromatic carbocycles. The lowest BCUT2D eigenvalue weighted by Crippen LogP contribution is -2.30. The summed E-state index contributed by atoms with van der Waals surface area (Å²) in [6.07, 6.45) is 4.01. The first-order valence-corrected chi connectivity index (χ1v) is 10.6. The molecule has 30 heavy (non-hydrogen) atoms. The minimum Gasteiger partial charge on any atom is -0.481 e. The van der Waals surface area contributed by atoms with E-state index in [9.17, 15) is 9.59 Å². The molecule has 0 radical (unpaired) electrons. The molecule has 0 rings (SSSR count). The zero-order valence-corrected chi connectivity index (χ0v) is 18.7. The highest BCUT2D eigenvalue weighted by Crippen LogP contribution is 1.94. The van der Waals surface area contributed by atoms with E-state index in [0.717, 1.165) is 38.8 Å². The van der Waals surface area contributed by atoms with Crippen LogP contribution in [0.1, 0.15) is 52.4 Å². The van der Waals surface area contributed by atoms with Crippen molar-refractivity contribution in [1.29, 1.82) is 0 Å². The van der Waals surface area contributed by atoms with E-state index in [4.69, 9.17) is 30.6 Å². The molecule has 0 bridgehead atoms. The van der Waals surface area contributed by atoms with Gasteiger partial charge in [-0.2, -0.15) is 0 Å². The molecule has 0 fully saturated rings. The van der Waals surface area contributed by atoms with Crippen molar-refractivity contribution in [2.45, 2.75) is 52.4 Å². The first-order chi connectivity index (χ1) is 14.3. The summed E-state index contributed by atoms with van der Waals surface area (Å²) in [7, 11) is 0. The third-order valence-corrected chi connectivity index (χ3v) is 3.87. The number of unbranched alkanes of at least 4 members (excludes halogenated alkanes) is 2. The Bertz CT molecular complexity index is 327. The van der Waals surface area contributed by atoms with Crippen molar-refractivity contribution in [2.75, 3.05) is 65.7 Å². The molecule has 0 aromatic rings. The fourth-order valence-corrected chi connectivity index (χ4v) is 2.21. The van der Waals surface area contributed by atoms with Crippen molar-refractivity contribution in [2.24, 2.45) is 0 Å². The Labute approximate surface area is 180 Å². The van der Waals surface area contributed by atoms with Crippen LogP contribution in [0.3, 0.4) is 0 Å². The van der Waals surface area contributed by atoms with Crippen LogP contribution < -0.4 is 0 Å². The summed E-state index contributed by atoms with van der Waals surface area (Å²) >= 11 is 0. The molecule has 0 aliphatic carbocycles. The lowest BCUT2D eigenvalue weighted by molar-refractivity contribution is -0.143. The number of hydrogen-bond donors (Lipinski definition) is 6. The van der Waals surface area contributed by atoms with Gasteiger partial charge in [-0.25, -0.2) is 0 Å². The van der Waals surface area contributed by atoms with E-state index in [0.29, 0.717) is 26.2 Å². The molecule has 0 heterocycles. The normalized spacial score (nSPS) is 10.3. The van der Waals surface area contributed by atoms with E-state index in [1.807, 2.05) is 0 Å². The second-order valence-electron chi connectivity index (χ2n) is 6.57. The number of hydrogen-bond acceptors (Lipinski definition) is 8. The SMILES string of the molecule is CCCCN(CCO)CCO.CCCCN(CCO)CCO.O=C(O)CCC(=O)O. The molecule has 0 aliphatic rings. The topological polar surface area (TPSA) is 162 Å². The van der Waals surface area contributed by atoms with Crippen LogP contribution in [-0.4, -0.2) is 118 Å². The van der Waals surface area contributed by atoms with E-state index in [1.165, 1.54) is 0 Å². The average molecular weight is 441 g/mol. The second kappa shape index (κ2) is 27.7. The zero-order chi connectivity index (χ0) is 23.6. The van der Waals surface area contributed by atoms with Gasteiger partial charge in [0, 0.05) is 26.2 Å². The van der Waals surface area contributed by atoms with Gasteiger partial charge in [0.15, 0.2) is 0 Å². The van der Waals surface area contributed by atoms with Gasteiger partial charge in [0.05, 0.1) is 39.3 Å². The van der Waals surface area contributed by atoms with Gasteiger partial charge in [-0.1, -0.05) is 26.7 Å². The van der Waals surface area contributed by atoms with Crippen molar-refractivity contribution in [1.82, 2.24) is 9.80 Å². The highest BCUT2D eigenvalue weighted by atomic mass is 16.4. The van der Waals surface area contributed by atoms with Crippen LogP contribution in [0.15, 0.2) is 0 Å². The molecule has 0 spiro atoms. The molecule has 0 atom stereocenters. The van der Waals surface area contributed by atoms with Crippen LogP contribution in [0, 0.1) is 0 Å². The molecular formula is C20H44N2O8. The van der Waals surface area contributed by atoms with Gasteiger partial charge in [-0.3, -0.25) is 19.4 Å². The van der Waals surface area contributed by atoms with Crippen LogP contribution in [0.4, 0.5) is 0 Å². The quantitative estimate of drug-likeness (QED) is 0.183. The van der Waals surface area contributed by atoms with Crippen molar-refractivity contribution >= 4 is 11.9 Å². The molecule has 0 saturated heterocycles. The minimum absolute atomic E-state index is 0.184. The van der Waals surface area contributed by atoms with E-state index < -0.39 is 11.9 Å². The summed E-state index contributed by atoms with van der Waals surface area (Å²) in [5.74, 6) is -2.15. The third kappa shape index (κ3) is 31.4. The van der Waals surface area contributed by atoms with Crippen LogP contribution in [-0.2, 0) is 9.59 Å². The van der Waals surface area contributed by atoms with Gasteiger partial charge < -0.3 is 30.6 Å². The van der Waals surface area contributed by atoms with Crippen molar-refractivity contribution < 1.29 is 40.2 Å². The van der Waals surface area contributed by atoms with Crippen molar-refractivity contribution in [3.8, 4) is 0 Å². The standard InChI is InChI=1S/2C8H19NO2.C4H6O4/c2*1-2-3-4-9(5-7-10)6-8-11;5-3(6)1-2-4(7)8/h2*10-11H,2-8H2,1H3;1-2H2,(H,5,6)(H,7,8). The first-order valence-electron chi connectivity index (χ1n) is 10.6. The molecular weight excluding hydrogens is 396 g/mol. The van der Waals surface area contributed by atoms with Gasteiger partial charge in [0.25, 0.3) is 0 Å². The number of aliphatic carboxylic acids is 2. The summed E-state index contributed by atoms with van der Waals surface area (Å²) in [6.45, 7) is 9.70. The number of rotatable bonds is 17. The molecule has 0 amide bonds. The summed E-state index contributed by atoms with van der Waals surface area (Å²) in [4.78, 5) is 23.4. The van der Waals surface area contributed by atoms with E-state index in [1.54, 1.807) is 0 Å². The third-order valence-electron chi connectivity index (χ3n) is 3.87. The van der Waals surface area contributed by atoms with Crippen LogP contribution in [0.2, 0.25) is 0 Å². The highest BCUT2D eigenvalue weighted by Gasteiger charge is 2.02. The highest BCUT2D eigenvalue weighted by molar-refractivity contribution is 5.75. The van der Waals surface area contributed by atoms with E-state index in [2.05, 4.69) is 23.6 Å². The number of carboxylic acids is 2. The maximum atomic E-state index is 9.64. The maximum Gasteiger partial charge on any atom is 0.303 e. The number of carbonyl (C=O) groups is 2. The number of carboxylic acid groups (broad SMARTS) is 2. The van der Waals surface area contributed by atoms with Gasteiger partial charge in [-0.15, -0.1) is 0 Å². The van der Waals surface area contributed by atoms with Crippen molar-refractivity contribution in [3.63, 3.8) is 0 Å². The molecule has 182 valence electrons. The van der Waals surface area contributed by atoms with Gasteiger partial charge in [0.2, 0.25) is 0 Å². The van der Waals surface area contributed by atoms with Crippen LogP contribution >= 0.6 is 0 Å². The summed E-state index contributed by atoms with van der Waals surface area (Å²) in [5.41, 5.74) is 0. The monoisotopic (exact) mass is 440 g/mol. The van der Waals surface area contributed by atoms with E-state index >= 15 is 0 Å². The molecule has 10 nitrogen and oxygen atoms in total. The molecule has 6 N–H and O–H groups in total. The van der Waals surface area contributed by atoms with Crippen molar-refractivity contribution in [3.05, 3.63) is 0 Å². The van der Waals surface area contributed by atoms with Crippen LogP contribution in [0.25, 0.3) is 0 Å². The fraction of sp³-hybridized carbons (Fsp3) is 0.900. The average Bonchev–Trinajstić information content (AvgIpc) is 2.70. The smallest absolute Gasteiger partial charge is 0.303 e. The Morgan fingerprint density at radius 3 is 1.00 bits per heavy atom. The Morgan fingerprint density at radius 1 is 0.567 bits per heavy atom. The summed E-state index contributed by atoms with van der Waals surface area (Å²) in [6, 6.07) is 0.